The van der Waals surface area contributed by atoms with Gasteiger partial charge in [-0.2, -0.15) is 11.3 Å². The van der Waals surface area contributed by atoms with Crippen LogP contribution in [0, 0.1) is 5.92 Å². The summed E-state index contributed by atoms with van der Waals surface area (Å²) in [4.78, 5) is 0. The third-order valence-electron chi connectivity index (χ3n) is 2.13. The van der Waals surface area contributed by atoms with Gasteiger partial charge in [-0.15, -0.1) is 0 Å². The fourth-order valence-electron chi connectivity index (χ4n) is 1.24. The molecule has 1 atom stereocenters. The molecule has 1 unspecified atom stereocenters. The topological polar surface area (TPSA) is 26.0 Å². The zero-order chi connectivity index (χ0) is 7.84. The minimum Gasteiger partial charge on any atom is -0.324 e. The largest absolute Gasteiger partial charge is 0.324 e. The van der Waals surface area contributed by atoms with Crippen molar-refractivity contribution in [3.63, 3.8) is 0 Å². The van der Waals surface area contributed by atoms with E-state index in [1.54, 1.807) is 11.3 Å². The van der Waals surface area contributed by atoms with Gasteiger partial charge >= 0.3 is 0 Å². The molecule has 1 aliphatic rings. The molecule has 0 amide bonds. The maximum absolute atomic E-state index is 6.02. The van der Waals surface area contributed by atoms with Crippen molar-refractivity contribution in [2.24, 2.45) is 11.7 Å². The van der Waals surface area contributed by atoms with Crippen LogP contribution in [0.25, 0.3) is 0 Å². The lowest BCUT2D eigenvalue weighted by Crippen LogP contribution is -2.11. The van der Waals surface area contributed by atoms with Crippen LogP contribution in [0.3, 0.4) is 0 Å². The van der Waals surface area contributed by atoms with Crippen LogP contribution in [0.1, 0.15) is 24.4 Å². The summed E-state index contributed by atoms with van der Waals surface area (Å²) in [5.41, 5.74) is 7.31. The highest BCUT2D eigenvalue weighted by atomic mass is 79.9. The molecule has 1 aliphatic carbocycles. The van der Waals surface area contributed by atoms with E-state index < -0.39 is 0 Å². The molecule has 1 fully saturated rings. The van der Waals surface area contributed by atoms with E-state index in [9.17, 15) is 0 Å². The van der Waals surface area contributed by atoms with E-state index in [1.165, 1.54) is 22.9 Å². The minimum absolute atomic E-state index is 0.274. The maximum atomic E-state index is 6.02. The van der Waals surface area contributed by atoms with Gasteiger partial charge in [-0.3, -0.25) is 0 Å². The molecule has 0 bridgehead atoms. The quantitative estimate of drug-likeness (QED) is 0.833. The van der Waals surface area contributed by atoms with Gasteiger partial charge in [0.05, 0.1) is 0 Å². The first-order valence-corrected chi connectivity index (χ1v) is 5.50. The summed E-state index contributed by atoms with van der Waals surface area (Å²) < 4.78 is 1.18. The van der Waals surface area contributed by atoms with Crippen LogP contribution in [0.2, 0.25) is 0 Å². The second-order valence-electron chi connectivity index (χ2n) is 3.04. The summed E-state index contributed by atoms with van der Waals surface area (Å²) in [6.07, 6.45) is 2.62. The number of hydrogen-bond donors (Lipinski definition) is 1. The van der Waals surface area contributed by atoms with Crippen LogP contribution in [-0.4, -0.2) is 0 Å². The Balaban J connectivity index is 2.20. The number of rotatable bonds is 2. The Kier molecular flexibility index (Phi) is 2.04. The highest BCUT2D eigenvalue weighted by molar-refractivity contribution is 9.10. The average Bonchev–Trinajstić information content (AvgIpc) is 2.74. The van der Waals surface area contributed by atoms with E-state index in [0.717, 1.165) is 5.92 Å². The Hall–Kier alpha value is 0.140. The van der Waals surface area contributed by atoms with Crippen LogP contribution < -0.4 is 5.73 Å². The molecule has 11 heavy (non-hydrogen) atoms. The number of nitrogens with two attached hydrogens (primary N) is 1. The fourth-order valence-corrected chi connectivity index (χ4v) is 2.85. The first kappa shape index (κ1) is 7.77. The summed E-state index contributed by atoms with van der Waals surface area (Å²) >= 11 is 5.21. The molecule has 1 nitrogen and oxygen atoms in total. The van der Waals surface area contributed by atoms with Gasteiger partial charge in [0.25, 0.3) is 0 Å². The van der Waals surface area contributed by atoms with Crippen LogP contribution >= 0.6 is 27.3 Å². The fraction of sp³-hybridized carbons (Fsp3) is 0.500. The Morgan fingerprint density at radius 2 is 2.27 bits per heavy atom. The molecular formula is C8H10BrNS. The van der Waals surface area contributed by atoms with Gasteiger partial charge < -0.3 is 5.73 Å². The molecule has 3 heteroatoms. The molecule has 0 spiro atoms. The standard InChI is InChI=1S/C8H10BrNS/c9-7-4-11-3-6(7)8(10)5-1-2-5/h3-5,8H,1-2,10H2. The van der Waals surface area contributed by atoms with Crippen molar-refractivity contribution >= 4 is 27.3 Å². The summed E-state index contributed by atoms with van der Waals surface area (Å²) in [5.74, 6) is 0.751. The van der Waals surface area contributed by atoms with Gasteiger partial charge in [0.1, 0.15) is 0 Å². The molecule has 2 N–H and O–H groups in total. The molecule has 0 saturated heterocycles. The Bertz CT molecular complexity index is 254. The number of thiophene rings is 1. The van der Waals surface area contributed by atoms with E-state index in [2.05, 4.69) is 26.7 Å². The third kappa shape index (κ3) is 1.50. The van der Waals surface area contributed by atoms with Crippen molar-refractivity contribution in [2.75, 3.05) is 0 Å². The molecule has 1 aromatic heterocycles. The van der Waals surface area contributed by atoms with Crippen LogP contribution in [0.5, 0.6) is 0 Å². The Morgan fingerprint density at radius 3 is 2.73 bits per heavy atom. The van der Waals surface area contributed by atoms with Crippen LogP contribution in [-0.2, 0) is 0 Å². The van der Waals surface area contributed by atoms with Crippen molar-refractivity contribution < 1.29 is 0 Å². The van der Waals surface area contributed by atoms with Crippen LogP contribution in [0.15, 0.2) is 15.2 Å². The predicted octanol–water partition coefficient (Wildman–Crippen LogP) is 2.92. The smallest absolute Gasteiger partial charge is 0.0343 e. The van der Waals surface area contributed by atoms with Gasteiger partial charge in [0.15, 0.2) is 0 Å². The van der Waals surface area contributed by atoms with Crippen molar-refractivity contribution in [1.29, 1.82) is 0 Å². The Morgan fingerprint density at radius 1 is 1.55 bits per heavy atom. The first-order chi connectivity index (χ1) is 5.29. The number of hydrogen-bond acceptors (Lipinski definition) is 2. The molecule has 1 aromatic rings. The predicted molar refractivity (Wildman–Crippen MR) is 51.7 cm³/mol. The SMILES string of the molecule is NC(c1cscc1Br)C1CC1. The molecular weight excluding hydrogens is 222 g/mol. The third-order valence-corrected chi connectivity index (χ3v) is 3.88. The highest BCUT2D eigenvalue weighted by Crippen LogP contribution is 2.42. The van der Waals surface area contributed by atoms with Gasteiger partial charge in [-0.05, 0) is 45.6 Å². The lowest BCUT2D eigenvalue weighted by atomic mass is 10.1. The van der Waals surface area contributed by atoms with E-state index in [1.807, 2.05) is 0 Å². The van der Waals surface area contributed by atoms with Crippen molar-refractivity contribution in [3.05, 3.63) is 20.8 Å². The molecule has 60 valence electrons. The monoisotopic (exact) mass is 231 g/mol. The molecule has 1 saturated carbocycles. The second kappa shape index (κ2) is 2.88. The van der Waals surface area contributed by atoms with E-state index in [0.29, 0.717) is 0 Å². The Labute approximate surface area is 78.7 Å². The van der Waals surface area contributed by atoms with Crippen molar-refractivity contribution in [1.82, 2.24) is 0 Å². The van der Waals surface area contributed by atoms with Crippen LogP contribution in [0.4, 0.5) is 0 Å². The normalized spacial score (nSPS) is 20.2. The van der Waals surface area contributed by atoms with E-state index in [4.69, 9.17) is 5.73 Å². The summed E-state index contributed by atoms with van der Waals surface area (Å²) in [6.45, 7) is 0. The zero-order valence-electron chi connectivity index (χ0n) is 6.09. The molecule has 0 aromatic carbocycles. The summed E-state index contributed by atoms with van der Waals surface area (Å²) in [7, 11) is 0. The average molecular weight is 232 g/mol. The minimum atomic E-state index is 0.274. The number of halogens is 1. The lowest BCUT2D eigenvalue weighted by molar-refractivity contribution is 0.633. The summed E-state index contributed by atoms with van der Waals surface area (Å²) in [5, 5.41) is 4.24. The van der Waals surface area contributed by atoms with Gasteiger partial charge in [0, 0.05) is 15.9 Å². The van der Waals surface area contributed by atoms with E-state index >= 15 is 0 Å². The zero-order valence-corrected chi connectivity index (χ0v) is 8.49. The first-order valence-electron chi connectivity index (χ1n) is 3.76. The lowest BCUT2D eigenvalue weighted by Gasteiger charge is -2.07. The van der Waals surface area contributed by atoms with E-state index in [-0.39, 0.29) is 6.04 Å². The molecule has 0 radical (unpaired) electrons. The maximum Gasteiger partial charge on any atom is 0.0343 e. The van der Waals surface area contributed by atoms with Gasteiger partial charge in [-0.25, -0.2) is 0 Å². The highest BCUT2D eigenvalue weighted by Gasteiger charge is 2.30. The molecule has 2 rings (SSSR count). The van der Waals surface area contributed by atoms with Gasteiger partial charge in [0.2, 0.25) is 0 Å². The van der Waals surface area contributed by atoms with Crippen molar-refractivity contribution in [3.8, 4) is 0 Å². The second-order valence-corrected chi connectivity index (χ2v) is 4.64. The van der Waals surface area contributed by atoms with Crippen molar-refractivity contribution in [2.45, 2.75) is 18.9 Å². The molecule has 0 aliphatic heterocycles. The van der Waals surface area contributed by atoms with Gasteiger partial charge in [-0.1, -0.05) is 0 Å². The molecule has 1 heterocycles. The summed E-state index contributed by atoms with van der Waals surface area (Å²) in [6, 6.07) is 0.274.